The largest absolute Gasteiger partial charge is 0.435 e. The fraction of sp³-hybridized carbons (Fsp3) is 0.0588. The van der Waals surface area contributed by atoms with Crippen LogP contribution in [0.5, 0.6) is 5.75 Å². The first-order chi connectivity index (χ1) is 11.6. The van der Waals surface area contributed by atoms with Crippen molar-refractivity contribution in [2.75, 3.05) is 5.32 Å². The summed E-state index contributed by atoms with van der Waals surface area (Å²) in [7, 11) is 0. The van der Waals surface area contributed by atoms with Gasteiger partial charge in [0.2, 0.25) is 0 Å². The Morgan fingerprint density at radius 1 is 1.12 bits per heavy atom. The van der Waals surface area contributed by atoms with E-state index in [0.29, 0.717) is 11.3 Å². The average molecular weight is 329 g/mol. The van der Waals surface area contributed by atoms with Crippen LogP contribution in [-0.4, -0.2) is 22.1 Å². The standard InChI is InChI=1S/C17H13F2N3O2/c18-17(19)24-13-7-5-12(6-8-13)16(23)21-14-3-1-2-4-15(14)22-10-9-20-11-22/h1-11,17H,(H,21,23). The first-order valence-electron chi connectivity index (χ1n) is 7.07. The molecule has 0 fully saturated rings. The molecule has 0 aliphatic carbocycles. The van der Waals surface area contributed by atoms with Gasteiger partial charge in [-0.15, -0.1) is 0 Å². The smallest absolute Gasteiger partial charge is 0.387 e. The number of hydrogen-bond donors (Lipinski definition) is 1. The Kier molecular flexibility index (Phi) is 4.51. The molecule has 24 heavy (non-hydrogen) atoms. The minimum Gasteiger partial charge on any atom is -0.435 e. The van der Waals surface area contributed by atoms with Gasteiger partial charge in [-0.1, -0.05) is 12.1 Å². The number of carbonyl (C=O) groups excluding carboxylic acids is 1. The van der Waals surface area contributed by atoms with Crippen molar-refractivity contribution in [3.63, 3.8) is 0 Å². The summed E-state index contributed by atoms with van der Waals surface area (Å²) in [5.74, 6) is -0.355. The molecule has 0 bridgehead atoms. The number of benzene rings is 2. The number of rotatable bonds is 5. The zero-order valence-electron chi connectivity index (χ0n) is 12.4. The van der Waals surface area contributed by atoms with Crippen molar-refractivity contribution in [1.82, 2.24) is 9.55 Å². The third-order valence-electron chi connectivity index (χ3n) is 3.28. The number of para-hydroxylation sites is 2. The molecule has 1 aromatic heterocycles. The number of nitrogens with zero attached hydrogens (tertiary/aromatic N) is 2. The molecule has 2 aromatic carbocycles. The molecule has 5 nitrogen and oxygen atoms in total. The number of amides is 1. The monoisotopic (exact) mass is 329 g/mol. The number of imidazole rings is 1. The number of ether oxygens (including phenoxy) is 1. The van der Waals surface area contributed by atoms with E-state index in [9.17, 15) is 13.6 Å². The first-order valence-corrected chi connectivity index (χ1v) is 7.07. The molecule has 1 heterocycles. The number of halogens is 2. The highest BCUT2D eigenvalue weighted by Crippen LogP contribution is 2.21. The van der Waals surface area contributed by atoms with Crippen molar-refractivity contribution in [1.29, 1.82) is 0 Å². The summed E-state index contributed by atoms with van der Waals surface area (Å²) in [4.78, 5) is 16.3. The molecule has 1 N–H and O–H groups in total. The van der Waals surface area contributed by atoms with Crippen LogP contribution in [0, 0.1) is 0 Å². The van der Waals surface area contributed by atoms with E-state index < -0.39 is 6.61 Å². The molecule has 0 unspecified atom stereocenters. The van der Waals surface area contributed by atoms with Gasteiger partial charge in [0.1, 0.15) is 5.75 Å². The lowest BCUT2D eigenvalue weighted by atomic mass is 10.2. The van der Waals surface area contributed by atoms with E-state index in [1.54, 1.807) is 35.4 Å². The summed E-state index contributed by atoms with van der Waals surface area (Å²) >= 11 is 0. The summed E-state index contributed by atoms with van der Waals surface area (Å²) in [6.07, 6.45) is 5.03. The summed E-state index contributed by atoms with van der Waals surface area (Å²) in [6.45, 7) is -2.90. The van der Waals surface area contributed by atoms with Crippen LogP contribution in [0.3, 0.4) is 0 Å². The van der Waals surface area contributed by atoms with Crippen LogP contribution in [0.2, 0.25) is 0 Å². The fourth-order valence-electron chi connectivity index (χ4n) is 2.19. The summed E-state index contributed by atoms with van der Waals surface area (Å²) in [5, 5.41) is 2.80. The molecule has 0 saturated heterocycles. The maximum absolute atomic E-state index is 12.3. The number of anilines is 1. The lowest BCUT2D eigenvalue weighted by molar-refractivity contribution is -0.0498. The Balaban J connectivity index is 1.78. The number of hydrogen-bond acceptors (Lipinski definition) is 3. The molecule has 0 radical (unpaired) electrons. The zero-order chi connectivity index (χ0) is 16.9. The maximum Gasteiger partial charge on any atom is 0.387 e. The second-order valence-electron chi connectivity index (χ2n) is 4.84. The molecule has 122 valence electrons. The summed E-state index contributed by atoms with van der Waals surface area (Å²) in [6, 6.07) is 12.8. The second kappa shape index (κ2) is 6.91. The molecule has 3 aromatic rings. The lowest BCUT2D eigenvalue weighted by Crippen LogP contribution is -2.13. The highest BCUT2D eigenvalue weighted by molar-refractivity contribution is 6.05. The van der Waals surface area contributed by atoms with Crippen LogP contribution in [-0.2, 0) is 0 Å². The minimum atomic E-state index is -2.90. The third-order valence-corrected chi connectivity index (χ3v) is 3.28. The molecular weight excluding hydrogens is 316 g/mol. The molecule has 0 saturated carbocycles. The maximum atomic E-state index is 12.3. The Morgan fingerprint density at radius 2 is 1.88 bits per heavy atom. The van der Waals surface area contributed by atoms with Crippen LogP contribution < -0.4 is 10.1 Å². The van der Waals surface area contributed by atoms with Gasteiger partial charge in [0.15, 0.2) is 0 Å². The van der Waals surface area contributed by atoms with E-state index in [4.69, 9.17) is 0 Å². The molecule has 0 aliphatic heterocycles. The van der Waals surface area contributed by atoms with Crippen LogP contribution in [0.25, 0.3) is 5.69 Å². The molecule has 0 spiro atoms. The Labute approximate surface area is 136 Å². The molecule has 7 heteroatoms. The number of nitrogens with one attached hydrogen (secondary N) is 1. The Hall–Kier alpha value is -3.22. The quantitative estimate of drug-likeness (QED) is 0.776. The van der Waals surface area contributed by atoms with Crippen molar-refractivity contribution in [2.24, 2.45) is 0 Å². The van der Waals surface area contributed by atoms with Crippen molar-refractivity contribution < 1.29 is 18.3 Å². The molecule has 3 rings (SSSR count). The summed E-state index contributed by atoms with van der Waals surface area (Å²) in [5.41, 5.74) is 1.70. The van der Waals surface area contributed by atoms with E-state index in [1.807, 2.05) is 12.1 Å². The SMILES string of the molecule is O=C(Nc1ccccc1-n1ccnc1)c1ccc(OC(F)F)cc1. The van der Waals surface area contributed by atoms with Crippen molar-refractivity contribution in [3.8, 4) is 11.4 Å². The lowest BCUT2D eigenvalue weighted by Gasteiger charge is -2.12. The van der Waals surface area contributed by atoms with E-state index in [2.05, 4.69) is 15.0 Å². The fourth-order valence-corrected chi connectivity index (χ4v) is 2.19. The van der Waals surface area contributed by atoms with E-state index >= 15 is 0 Å². The van der Waals surface area contributed by atoms with Gasteiger partial charge < -0.3 is 14.6 Å². The highest BCUT2D eigenvalue weighted by atomic mass is 19.3. The summed E-state index contributed by atoms with van der Waals surface area (Å²) < 4.78 is 30.3. The van der Waals surface area contributed by atoms with Gasteiger partial charge in [-0.25, -0.2) is 4.98 Å². The van der Waals surface area contributed by atoms with Crippen molar-refractivity contribution >= 4 is 11.6 Å². The van der Waals surface area contributed by atoms with E-state index in [1.165, 1.54) is 24.3 Å². The van der Waals surface area contributed by atoms with E-state index in [-0.39, 0.29) is 11.7 Å². The molecule has 0 aliphatic rings. The van der Waals surface area contributed by atoms with Gasteiger partial charge in [-0.05, 0) is 36.4 Å². The zero-order valence-corrected chi connectivity index (χ0v) is 12.4. The highest BCUT2D eigenvalue weighted by Gasteiger charge is 2.11. The average Bonchev–Trinajstić information content (AvgIpc) is 3.10. The van der Waals surface area contributed by atoms with Crippen LogP contribution in [0.1, 0.15) is 10.4 Å². The molecule has 1 amide bonds. The number of alkyl halides is 2. The Morgan fingerprint density at radius 3 is 2.54 bits per heavy atom. The number of aromatic nitrogens is 2. The predicted molar refractivity (Wildman–Crippen MR) is 84.6 cm³/mol. The van der Waals surface area contributed by atoms with Gasteiger partial charge in [-0.3, -0.25) is 4.79 Å². The van der Waals surface area contributed by atoms with E-state index in [0.717, 1.165) is 5.69 Å². The second-order valence-corrected chi connectivity index (χ2v) is 4.84. The van der Waals surface area contributed by atoms with Gasteiger partial charge in [0, 0.05) is 18.0 Å². The van der Waals surface area contributed by atoms with Gasteiger partial charge in [-0.2, -0.15) is 8.78 Å². The third kappa shape index (κ3) is 3.57. The predicted octanol–water partition coefficient (Wildman–Crippen LogP) is 3.73. The normalized spacial score (nSPS) is 10.6. The van der Waals surface area contributed by atoms with Crippen LogP contribution >= 0.6 is 0 Å². The van der Waals surface area contributed by atoms with Gasteiger partial charge in [0.05, 0.1) is 17.7 Å². The topological polar surface area (TPSA) is 56.2 Å². The van der Waals surface area contributed by atoms with Crippen molar-refractivity contribution in [2.45, 2.75) is 6.61 Å². The van der Waals surface area contributed by atoms with Crippen molar-refractivity contribution in [3.05, 3.63) is 72.8 Å². The minimum absolute atomic E-state index is 0.000339. The first kappa shape index (κ1) is 15.7. The van der Waals surface area contributed by atoms with Gasteiger partial charge >= 0.3 is 6.61 Å². The number of carbonyl (C=O) groups is 1. The van der Waals surface area contributed by atoms with Crippen LogP contribution in [0.15, 0.2) is 67.3 Å². The van der Waals surface area contributed by atoms with Gasteiger partial charge in [0.25, 0.3) is 5.91 Å². The molecular formula is C17H13F2N3O2. The van der Waals surface area contributed by atoms with Crippen LogP contribution in [0.4, 0.5) is 14.5 Å². The Bertz CT molecular complexity index is 818. The molecule has 0 atom stereocenters.